The molecule has 1 aliphatic carbocycles. The number of carbonyl (C=O) groups is 4. The third kappa shape index (κ3) is 5.19. The lowest BCUT2D eigenvalue weighted by molar-refractivity contribution is -0.149. The Morgan fingerprint density at radius 3 is 2.17 bits per heavy atom. The zero-order chi connectivity index (χ0) is 18.4. The fourth-order valence-corrected chi connectivity index (χ4v) is 3.00. The van der Waals surface area contributed by atoms with Crippen molar-refractivity contribution >= 4 is 23.8 Å². The minimum Gasteiger partial charge on any atom is -0.481 e. The van der Waals surface area contributed by atoms with Crippen LogP contribution < -0.4 is 16.4 Å². The van der Waals surface area contributed by atoms with Crippen LogP contribution in [0.1, 0.15) is 33.1 Å². The summed E-state index contributed by atoms with van der Waals surface area (Å²) in [4.78, 5) is 46.7. The molecule has 3 unspecified atom stereocenters. The van der Waals surface area contributed by atoms with Crippen LogP contribution in [0.2, 0.25) is 0 Å². The number of nitrogens with two attached hydrogens (primary N) is 1. The highest BCUT2D eigenvalue weighted by Crippen LogP contribution is 2.36. The largest absolute Gasteiger partial charge is 0.481 e. The Morgan fingerprint density at radius 1 is 1.17 bits per heavy atom. The van der Waals surface area contributed by atoms with Gasteiger partial charge < -0.3 is 26.2 Å². The number of amides is 2. The molecule has 0 spiro atoms. The van der Waals surface area contributed by atoms with E-state index in [-0.39, 0.29) is 23.7 Å². The number of nitrogens with one attached hydrogen (secondary N) is 2. The highest BCUT2D eigenvalue weighted by molar-refractivity contribution is 5.92. The molecule has 0 radical (unpaired) electrons. The summed E-state index contributed by atoms with van der Waals surface area (Å²) in [6.45, 7) is 3.92. The summed E-state index contributed by atoms with van der Waals surface area (Å²) >= 11 is 0. The molecule has 1 rings (SSSR count). The number of hydrogen-bond acceptors (Lipinski definition) is 6. The topological polar surface area (TPSA) is 148 Å². The molecule has 0 aliphatic heterocycles. The molecule has 0 saturated heterocycles. The molecule has 9 nitrogen and oxygen atoms in total. The number of esters is 1. The highest BCUT2D eigenvalue weighted by atomic mass is 16.5. The lowest BCUT2D eigenvalue weighted by atomic mass is 9.91. The number of carbonyl (C=O) groups excluding carboxylic acids is 3. The van der Waals surface area contributed by atoms with Gasteiger partial charge in [-0.25, -0.2) is 4.79 Å². The Bertz CT molecular complexity index is 499. The van der Waals surface area contributed by atoms with E-state index < -0.39 is 36.5 Å². The molecule has 0 aromatic carbocycles. The van der Waals surface area contributed by atoms with Gasteiger partial charge in [0.1, 0.15) is 0 Å². The van der Waals surface area contributed by atoms with Gasteiger partial charge in [-0.05, 0) is 24.7 Å². The van der Waals surface area contributed by atoms with Gasteiger partial charge in [0.2, 0.25) is 18.0 Å². The lowest BCUT2D eigenvalue weighted by Gasteiger charge is -2.24. The van der Waals surface area contributed by atoms with Gasteiger partial charge in [-0.3, -0.25) is 14.4 Å². The summed E-state index contributed by atoms with van der Waals surface area (Å²) in [7, 11) is 1.12. The normalized spacial score (nSPS) is 25.4. The summed E-state index contributed by atoms with van der Waals surface area (Å²) in [5, 5.41) is 13.3. The van der Waals surface area contributed by atoms with Crippen LogP contribution in [0.15, 0.2) is 0 Å². The van der Waals surface area contributed by atoms with E-state index in [1.807, 2.05) is 13.8 Å². The Balaban J connectivity index is 2.75. The third-order valence-electron chi connectivity index (χ3n) is 4.35. The first kappa shape index (κ1) is 19.9. The van der Waals surface area contributed by atoms with E-state index in [2.05, 4.69) is 15.4 Å². The van der Waals surface area contributed by atoms with Crippen molar-refractivity contribution in [1.82, 2.24) is 10.6 Å². The maximum absolute atomic E-state index is 12.4. The first-order valence-electron chi connectivity index (χ1n) is 7.83. The quantitative estimate of drug-likeness (QED) is 0.349. The van der Waals surface area contributed by atoms with Crippen LogP contribution in [0.4, 0.5) is 0 Å². The smallest absolute Gasteiger partial charge is 0.349 e. The molecule has 136 valence electrons. The molecule has 5 N–H and O–H groups in total. The van der Waals surface area contributed by atoms with Gasteiger partial charge in [0.25, 0.3) is 0 Å². The number of carboxylic acids is 1. The number of rotatable bonds is 7. The molecule has 1 fully saturated rings. The predicted molar refractivity (Wildman–Crippen MR) is 83.4 cm³/mol. The van der Waals surface area contributed by atoms with Gasteiger partial charge in [0.05, 0.1) is 19.6 Å². The van der Waals surface area contributed by atoms with Crippen LogP contribution in [0, 0.1) is 17.8 Å². The van der Waals surface area contributed by atoms with Gasteiger partial charge in [0.15, 0.2) is 0 Å². The Hall–Kier alpha value is -2.16. The molecule has 0 aromatic rings. The molecule has 1 saturated carbocycles. The monoisotopic (exact) mass is 343 g/mol. The molecule has 0 bridgehead atoms. The van der Waals surface area contributed by atoms with Crippen LogP contribution >= 0.6 is 0 Å². The third-order valence-corrected chi connectivity index (χ3v) is 4.35. The summed E-state index contributed by atoms with van der Waals surface area (Å²) < 4.78 is 4.57. The first-order chi connectivity index (χ1) is 11.2. The van der Waals surface area contributed by atoms with E-state index in [1.165, 1.54) is 0 Å². The van der Waals surface area contributed by atoms with Crippen molar-refractivity contribution in [3.8, 4) is 0 Å². The van der Waals surface area contributed by atoms with Gasteiger partial charge in [0, 0.05) is 5.92 Å². The minimum absolute atomic E-state index is 0.170. The minimum atomic E-state index is -1.41. The molecular weight excluding hydrogens is 318 g/mol. The van der Waals surface area contributed by atoms with Crippen molar-refractivity contribution < 1.29 is 29.0 Å². The molecule has 24 heavy (non-hydrogen) atoms. The summed E-state index contributed by atoms with van der Waals surface area (Å²) in [6.07, 6.45) is -0.171. The fourth-order valence-electron chi connectivity index (χ4n) is 3.00. The van der Waals surface area contributed by atoms with Crippen molar-refractivity contribution in [3.05, 3.63) is 0 Å². The SMILES string of the molecule is COC(=O)C(NC(=O)C1C(C)CCC1C)NC(=O)[C@@H](N)CC(=O)O. The average Bonchev–Trinajstić information content (AvgIpc) is 2.83. The van der Waals surface area contributed by atoms with Crippen molar-refractivity contribution in [2.45, 2.75) is 45.3 Å². The van der Waals surface area contributed by atoms with E-state index in [0.29, 0.717) is 0 Å². The van der Waals surface area contributed by atoms with Gasteiger partial charge in [-0.15, -0.1) is 0 Å². The maximum atomic E-state index is 12.4. The number of hydrogen-bond donors (Lipinski definition) is 4. The molecular formula is C15H25N3O6. The summed E-state index contributed by atoms with van der Waals surface area (Å²) in [5.41, 5.74) is 5.45. The Morgan fingerprint density at radius 2 is 1.71 bits per heavy atom. The van der Waals surface area contributed by atoms with E-state index >= 15 is 0 Å². The van der Waals surface area contributed by atoms with Crippen LogP contribution in [-0.4, -0.2) is 48.2 Å². The number of aliphatic carboxylic acids is 1. The first-order valence-corrected chi connectivity index (χ1v) is 7.83. The Kier molecular flexibility index (Phi) is 7.15. The standard InChI is InChI=1S/C15H25N3O6/c1-7-4-5-8(2)11(7)14(22)18-12(15(23)24-3)17-13(21)9(16)6-10(19)20/h7-9,11-12H,4-6,16H2,1-3H3,(H,17,21)(H,18,22)(H,19,20)/t7?,8?,9-,11?,12?/m0/s1. The second kappa shape index (κ2) is 8.62. The average molecular weight is 343 g/mol. The van der Waals surface area contributed by atoms with Gasteiger partial charge >= 0.3 is 11.9 Å². The highest BCUT2D eigenvalue weighted by Gasteiger charge is 2.38. The number of carboxylic acid groups (broad SMARTS) is 1. The van der Waals surface area contributed by atoms with Crippen molar-refractivity contribution in [1.29, 1.82) is 0 Å². The number of ether oxygens (including phenoxy) is 1. The molecule has 1 aliphatic rings. The molecule has 0 heterocycles. The molecule has 9 heteroatoms. The van der Waals surface area contributed by atoms with Crippen LogP contribution in [0.25, 0.3) is 0 Å². The van der Waals surface area contributed by atoms with Crippen LogP contribution in [0.3, 0.4) is 0 Å². The van der Waals surface area contributed by atoms with E-state index in [1.54, 1.807) is 0 Å². The zero-order valence-electron chi connectivity index (χ0n) is 14.1. The Labute approximate surface area is 140 Å². The predicted octanol–water partition coefficient (Wildman–Crippen LogP) is -0.798. The van der Waals surface area contributed by atoms with Crippen LogP contribution in [-0.2, 0) is 23.9 Å². The maximum Gasteiger partial charge on any atom is 0.349 e. The zero-order valence-corrected chi connectivity index (χ0v) is 14.1. The van der Waals surface area contributed by atoms with Gasteiger partial charge in [-0.1, -0.05) is 13.8 Å². The molecule has 0 aromatic heterocycles. The summed E-state index contributed by atoms with van der Waals surface area (Å²) in [5.74, 6) is -3.24. The van der Waals surface area contributed by atoms with Crippen LogP contribution in [0.5, 0.6) is 0 Å². The van der Waals surface area contributed by atoms with E-state index in [4.69, 9.17) is 10.8 Å². The van der Waals surface area contributed by atoms with Crippen molar-refractivity contribution in [3.63, 3.8) is 0 Å². The number of methoxy groups -OCH3 is 1. The molecule has 2 amide bonds. The summed E-state index contributed by atoms with van der Waals surface area (Å²) in [6, 6.07) is -1.34. The van der Waals surface area contributed by atoms with Crippen molar-refractivity contribution in [2.75, 3.05) is 7.11 Å². The second-order valence-electron chi connectivity index (χ2n) is 6.24. The fraction of sp³-hybridized carbons (Fsp3) is 0.733. The van der Waals surface area contributed by atoms with Crippen molar-refractivity contribution in [2.24, 2.45) is 23.5 Å². The van der Waals surface area contributed by atoms with E-state index in [9.17, 15) is 19.2 Å². The van der Waals surface area contributed by atoms with Gasteiger partial charge in [-0.2, -0.15) is 0 Å². The molecule has 4 atom stereocenters. The lowest BCUT2D eigenvalue weighted by Crippen LogP contribution is -2.58. The second-order valence-corrected chi connectivity index (χ2v) is 6.24. The van der Waals surface area contributed by atoms with E-state index in [0.717, 1.165) is 20.0 Å².